The zero-order valence-electron chi connectivity index (χ0n) is 14.1. The van der Waals surface area contributed by atoms with Gasteiger partial charge in [-0.25, -0.2) is 0 Å². The lowest BCUT2D eigenvalue weighted by Gasteiger charge is -2.53. The zero-order chi connectivity index (χ0) is 14.6. The molecule has 3 unspecified atom stereocenters. The SMILES string of the molecule is CC(C)CN(CC(C)C)C1(CN)CCCC(C)C1C. The summed E-state index contributed by atoms with van der Waals surface area (Å²) in [6, 6.07) is 0. The zero-order valence-corrected chi connectivity index (χ0v) is 14.1. The Labute approximate surface area is 121 Å². The summed E-state index contributed by atoms with van der Waals surface area (Å²) in [5.41, 5.74) is 6.54. The molecule has 2 nitrogen and oxygen atoms in total. The van der Waals surface area contributed by atoms with E-state index in [0.29, 0.717) is 17.8 Å². The van der Waals surface area contributed by atoms with Gasteiger partial charge in [0.05, 0.1) is 0 Å². The molecule has 2 heteroatoms. The number of nitrogens with zero attached hydrogens (tertiary/aromatic N) is 1. The van der Waals surface area contributed by atoms with Crippen molar-refractivity contribution in [3.63, 3.8) is 0 Å². The van der Waals surface area contributed by atoms with Gasteiger partial charge in [0.15, 0.2) is 0 Å². The average molecular weight is 268 g/mol. The van der Waals surface area contributed by atoms with Crippen LogP contribution in [0.15, 0.2) is 0 Å². The minimum atomic E-state index is 0.242. The van der Waals surface area contributed by atoms with Crippen LogP contribution in [0, 0.1) is 23.7 Å². The van der Waals surface area contributed by atoms with E-state index >= 15 is 0 Å². The van der Waals surface area contributed by atoms with E-state index in [2.05, 4.69) is 46.4 Å². The Morgan fingerprint density at radius 1 is 1.11 bits per heavy atom. The van der Waals surface area contributed by atoms with E-state index in [4.69, 9.17) is 5.73 Å². The molecule has 1 fully saturated rings. The van der Waals surface area contributed by atoms with E-state index in [1.165, 1.54) is 32.4 Å². The second-order valence-electron chi connectivity index (χ2n) is 7.66. The highest BCUT2D eigenvalue weighted by Crippen LogP contribution is 2.41. The summed E-state index contributed by atoms with van der Waals surface area (Å²) in [6.07, 6.45) is 4.00. The van der Waals surface area contributed by atoms with Crippen molar-refractivity contribution in [2.45, 2.75) is 66.3 Å². The van der Waals surface area contributed by atoms with Crippen molar-refractivity contribution in [3.8, 4) is 0 Å². The van der Waals surface area contributed by atoms with Gasteiger partial charge >= 0.3 is 0 Å². The molecule has 0 saturated heterocycles. The molecule has 2 N–H and O–H groups in total. The summed E-state index contributed by atoms with van der Waals surface area (Å²) < 4.78 is 0. The van der Waals surface area contributed by atoms with Crippen molar-refractivity contribution in [3.05, 3.63) is 0 Å². The second kappa shape index (κ2) is 7.08. The van der Waals surface area contributed by atoms with Crippen molar-refractivity contribution in [1.82, 2.24) is 4.90 Å². The van der Waals surface area contributed by atoms with Gasteiger partial charge in [-0.1, -0.05) is 54.4 Å². The number of rotatable bonds is 6. The van der Waals surface area contributed by atoms with Gasteiger partial charge in [0.2, 0.25) is 0 Å². The van der Waals surface area contributed by atoms with Crippen molar-refractivity contribution in [2.24, 2.45) is 29.4 Å². The average Bonchev–Trinajstić information content (AvgIpc) is 2.31. The van der Waals surface area contributed by atoms with Crippen molar-refractivity contribution in [1.29, 1.82) is 0 Å². The number of hydrogen-bond donors (Lipinski definition) is 1. The van der Waals surface area contributed by atoms with E-state index in [1.807, 2.05) is 0 Å². The molecule has 0 heterocycles. The van der Waals surface area contributed by atoms with E-state index in [0.717, 1.165) is 12.5 Å². The Morgan fingerprint density at radius 3 is 2.05 bits per heavy atom. The van der Waals surface area contributed by atoms with Gasteiger partial charge in [-0.2, -0.15) is 0 Å². The maximum absolute atomic E-state index is 6.30. The van der Waals surface area contributed by atoms with Gasteiger partial charge in [0.1, 0.15) is 0 Å². The van der Waals surface area contributed by atoms with Crippen molar-refractivity contribution >= 4 is 0 Å². The van der Waals surface area contributed by atoms with Gasteiger partial charge in [-0.15, -0.1) is 0 Å². The predicted octanol–water partition coefficient (Wildman–Crippen LogP) is 3.75. The van der Waals surface area contributed by atoms with Gasteiger partial charge < -0.3 is 5.73 Å². The van der Waals surface area contributed by atoms with Crippen molar-refractivity contribution < 1.29 is 0 Å². The molecular weight excluding hydrogens is 232 g/mol. The lowest BCUT2D eigenvalue weighted by molar-refractivity contribution is -0.0240. The van der Waals surface area contributed by atoms with E-state index in [1.54, 1.807) is 0 Å². The maximum Gasteiger partial charge on any atom is 0.0359 e. The first-order chi connectivity index (χ1) is 8.83. The van der Waals surface area contributed by atoms with Crippen molar-refractivity contribution in [2.75, 3.05) is 19.6 Å². The number of nitrogens with two attached hydrogens (primary N) is 1. The molecule has 1 rings (SSSR count). The molecule has 114 valence electrons. The lowest BCUT2D eigenvalue weighted by Crippen LogP contribution is -2.62. The molecule has 0 spiro atoms. The first-order valence-electron chi connectivity index (χ1n) is 8.28. The van der Waals surface area contributed by atoms with Gasteiger partial charge in [0.25, 0.3) is 0 Å². The van der Waals surface area contributed by atoms with Crippen LogP contribution < -0.4 is 5.73 Å². The fourth-order valence-corrected chi connectivity index (χ4v) is 3.92. The molecule has 0 aliphatic heterocycles. The Kier molecular flexibility index (Phi) is 6.32. The first-order valence-corrected chi connectivity index (χ1v) is 8.28. The highest BCUT2D eigenvalue weighted by Gasteiger charge is 2.44. The molecule has 0 radical (unpaired) electrons. The summed E-state index contributed by atoms with van der Waals surface area (Å²) in [7, 11) is 0. The molecule has 0 aromatic carbocycles. The Bertz CT molecular complexity index is 252. The third kappa shape index (κ3) is 3.95. The standard InChI is InChI=1S/C17H36N2/c1-13(2)10-19(11-14(3)4)17(12-18)9-7-8-15(5)16(17)6/h13-16H,7-12,18H2,1-6H3. The molecule has 0 aromatic heterocycles. The minimum Gasteiger partial charge on any atom is -0.329 e. The Hall–Kier alpha value is -0.0800. The van der Waals surface area contributed by atoms with Crippen LogP contribution in [0.4, 0.5) is 0 Å². The lowest BCUT2D eigenvalue weighted by atomic mass is 9.67. The molecule has 1 aliphatic carbocycles. The normalized spacial score (nSPS) is 32.5. The van der Waals surface area contributed by atoms with E-state index in [9.17, 15) is 0 Å². The predicted molar refractivity (Wildman–Crippen MR) is 85.2 cm³/mol. The molecular formula is C17H36N2. The molecule has 3 atom stereocenters. The Balaban J connectivity index is 2.98. The summed E-state index contributed by atoms with van der Waals surface area (Å²) in [5.74, 6) is 2.95. The second-order valence-corrected chi connectivity index (χ2v) is 7.66. The smallest absolute Gasteiger partial charge is 0.0359 e. The first kappa shape index (κ1) is 17.0. The third-order valence-electron chi connectivity index (χ3n) is 5.12. The molecule has 0 amide bonds. The largest absolute Gasteiger partial charge is 0.329 e. The number of hydrogen-bond acceptors (Lipinski definition) is 2. The molecule has 0 bridgehead atoms. The molecule has 19 heavy (non-hydrogen) atoms. The minimum absolute atomic E-state index is 0.242. The van der Waals surface area contributed by atoms with Crippen LogP contribution in [0.2, 0.25) is 0 Å². The summed E-state index contributed by atoms with van der Waals surface area (Å²) in [5, 5.41) is 0. The van der Waals surface area contributed by atoms with Gasteiger partial charge in [0, 0.05) is 25.2 Å². The molecule has 1 saturated carbocycles. The maximum atomic E-state index is 6.30. The fraction of sp³-hybridized carbons (Fsp3) is 1.00. The summed E-state index contributed by atoms with van der Waals surface area (Å²) in [4.78, 5) is 2.74. The van der Waals surface area contributed by atoms with Crippen LogP contribution >= 0.6 is 0 Å². The van der Waals surface area contributed by atoms with Crippen LogP contribution in [0.25, 0.3) is 0 Å². The molecule has 0 aromatic rings. The monoisotopic (exact) mass is 268 g/mol. The van der Waals surface area contributed by atoms with Crippen LogP contribution in [0.3, 0.4) is 0 Å². The van der Waals surface area contributed by atoms with Gasteiger partial charge in [-0.3, -0.25) is 4.90 Å². The molecule has 1 aliphatic rings. The quantitative estimate of drug-likeness (QED) is 0.795. The highest BCUT2D eigenvalue weighted by molar-refractivity contribution is 5.00. The third-order valence-corrected chi connectivity index (χ3v) is 5.12. The van der Waals surface area contributed by atoms with Gasteiger partial charge in [-0.05, 0) is 30.1 Å². The Morgan fingerprint density at radius 2 is 1.63 bits per heavy atom. The van der Waals surface area contributed by atoms with Crippen LogP contribution in [-0.2, 0) is 0 Å². The van der Waals surface area contributed by atoms with E-state index in [-0.39, 0.29) is 5.54 Å². The van der Waals surface area contributed by atoms with Crippen LogP contribution in [-0.4, -0.2) is 30.1 Å². The topological polar surface area (TPSA) is 29.3 Å². The summed E-state index contributed by atoms with van der Waals surface area (Å²) >= 11 is 0. The van der Waals surface area contributed by atoms with Crippen LogP contribution in [0.5, 0.6) is 0 Å². The van der Waals surface area contributed by atoms with Crippen LogP contribution in [0.1, 0.15) is 60.8 Å². The highest BCUT2D eigenvalue weighted by atomic mass is 15.2. The van der Waals surface area contributed by atoms with E-state index < -0.39 is 0 Å². The fourth-order valence-electron chi connectivity index (χ4n) is 3.92. The summed E-state index contributed by atoms with van der Waals surface area (Å²) in [6.45, 7) is 17.4.